The Hall–Kier alpha value is -13.0. The highest BCUT2D eigenvalue weighted by atomic mass is 28.3. The highest BCUT2D eigenvalue weighted by molar-refractivity contribution is 6.89. The minimum Gasteiger partial charge on any atom is -0.457 e. The van der Waals surface area contributed by atoms with Crippen molar-refractivity contribution in [3.05, 3.63) is 361 Å². The molecule has 1 aromatic heterocycles. The number of nitrogens with zero attached hydrogens (tertiary/aromatic N) is 8. The maximum absolute atomic E-state index is 9.63. The lowest BCUT2D eigenvalue weighted by molar-refractivity contribution is 0.434. The molecule has 0 saturated carbocycles. The van der Waals surface area contributed by atoms with Crippen LogP contribution < -0.4 is 29.8 Å². The van der Waals surface area contributed by atoms with Gasteiger partial charge in [0, 0.05) is 67.0 Å². The zero-order chi connectivity index (χ0) is 71.6. The molecule has 3 heterocycles. The molecule has 2 aliphatic heterocycles. The van der Waals surface area contributed by atoms with Crippen LogP contribution in [-0.2, 0) is 5.41 Å². The van der Waals surface area contributed by atoms with Gasteiger partial charge in [-0.05, 0) is 166 Å². The number of hydrogen-bond donors (Lipinski definition) is 0. The van der Waals surface area contributed by atoms with Crippen molar-refractivity contribution in [1.29, 1.82) is 10.5 Å². The molecule has 0 aliphatic carbocycles. The molecule has 0 atom stereocenters. The summed E-state index contributed by atoms with van der Waals surface area (Å²) < 4.78 is 6.54. The van der Waals surface area contributed by atoms with Crippen molar-refractivity contribution in [2.75, 3.05) is 14.7 Å². The molecule has 0 bridgehead atoms. The van der Waals surface area contributed by atoms with E-state index in [9.17, 15) is 10.5 Å². The van der Waals surface area contributed by atoms with E-state index in [2.05, 4.69) is 297 Å². The predicted molar refractivity (Wildman–Crippen MR) is 438 cm³/mol. The number of anilines is 9. The van der Waals surface area contributed by atoms with Crippen molar-refractivity contribution in [2.45, 2.75) is 44.7 Å². The number of ether oxygens (including phenoxy) is 1. The molecular weight excluding hydrogens is 1310 g/mol. The normalized spacial score (nSPS) is 12.6. The van der Waals surface area contributed by atoms with Crippen LogP contribution in [-0.4, -0.2) is 31.1 Å². The van der Waals surface area contributed by atoms with Crippen LogP contribution >= 0.6 is 0 Å². The van der Waals surface area contributed by atoms with Gasteiger partial charge in [0.1, 0.15) is 11.5 Å². The summed E-state index contributed by atoms with van der Waals surface area (Å²) >= 11 is 0. The van der Waals surface area contributed by atoms with Gasteiger partial charge in [0.2, 0.25) is 0 Å². The highest BCUT2D eigenvalue weighted by Gasteiger charge is 2.51. The fraction of sp³-hybridized carbons (Fsp3) is 0.0745. The Morgan fingerprint density at radius 2 is 0.714 bits per heavy atom. The van der Waals surface area contributed by atoms with Crippen LogP contribution in [0, 0.1) is 22.7 Å². The van der Waals surface area contributed by atoms with Gasteiger partial charge < -0.3 is 19.4 Å². The molecular formula is C94H72N8OSi2. The molecule has 15 aromatic carbocycles. The van der Waals surface area contributed by atoms with Gasteiger partial charge in [-0.3, -0.25) is 0 Å². The molecule has 2 aliphatic rings. The van der Waals surface area contributed by atoms with Gasteiger partial charge in [0.25, 0.3) is 0 Å². The molecule has 0 amide bonds. The minimum absolute atomic E-state index is 0.568. The van der Waals surface area contributed by atoms with Gasteiger partial charge in [0.05, 0.1) is 67.6 Å². The first-order chi connectivity index (χ1) is 51.2. The summed E-state index contributed by atoms with van der Waals surface area (Å²) in [5.41, 5.74) is 17.9. The van der Waals surface area contributed by atoms with Crippen LogP contribution in [0.2, 0.25) is 39.3 Å². The highest BCUT2D eigenvalue weighted by Crippen LogP contribution is 2.63. The smallest absolute Gasteiger partial charge is 0.164 e. The van der Waals surface area contributed by atoms with Gasteiger partial charge in [-0.15, -0.1) is 0 Å². The van der Waals surface area contributed by atoms with Gasteiger partial charge in [0.15, 0.2) is 17.5 Å². The van der Waals surface area contributed by atoms with Crippen LogP contribution in [0.5, 0.6) is 11.5 Å². The molecule has 0 fully saturated rings. The molecule has 0 saturated heterocycles. The molecule has 11 heteroatoms. The van der Waals surface area contributed by atoms with Gasteiger partial charge in [-0.25, -0.2) is 15.0 Å². The van der Waals surface area contributed by atoms with Crippen molar-refractivity contribution < 1.29 is 4.74 Å². The molecule has 1 spiro atoms. The van der Waals surface area contributed by atoms with E-state index >= 15 is 0 Å². The number of hydrogen-bond acceptors (Lipinski definition) is 9. The number of para-hydroxylation sites is 4. The summed E-state index contributed by atoms with van der Waals surface area (Å²) in [5.74, 6) is 3.67. The van der Waals surface area contributed by atoms with E-state index in [1.54, 1.807) is 0 Å². The van der Waals surface area contributed by atoms with E-state index in [1.807, 2.05) is 97.1 Å². The Morgan fingerprint density at radius 3 is 1.12 bits per heavy atom. The third kappa shape index (κ3) is 11.6. The second-order valence-electron chi connectivity index (χ2n) is 29.0. The van der Waals surface area contributed by atoms with Crippen LogP contribution in [0.15, 0.2) is 328 Å². The first kappa shape index (κ1) is 65.3. The molecule has 105 heavy (non-hydrogen) atoms. The molecule has 9 nitrogen and oxygen atoms in total. The lowest BCUT2D eigenvalue weighted by atomic mass is 9.61. The monoisotopic (exact) mass is 1380 g/mol. The fourth-order valence-electron chi connectivity index (χ4n) is 15.4. The van der Waals surface area contributed by atoms with Crippen LogP contribution in [0.4, 0.5) is 51.2 Å². The quantitative estimate of drug-likeness (QED) is 0.0873. The van der Waals surface area contributed by atoms with Crippen LogP contribution in [0.1, 0.15) is 33.4 Å². The van der Waals surface area contributed by atoms with Gasteiger partial charge >= 0.3 is 0 Å². The van der Waals surface area contributed by atoms with E-state index in [0.717, 1.165) is 101 Å². The Labute approximate surface area is 614 Å². The number of rotatable bonds is 12. The van der Waals surface area contributed by atoms with E-state index < -0.39 is 21.6 Å². The second-order valence-corrected chi connectivity index (χ2v) is 39.1. The van der Waals surface area contributed by atoms with Gasteiger partial charge in [-0.2, -0.15) is 10.5 Å². The Bertz CT molecular complexity index is 5730. The predicted octanol–water partition coefficient (Wildman–Crippen LogP) is 23.5. The zero-order valence-corrected chi connectivity index (χ0v) is 61.2. The first-order valence-corrected chi connectivity index (χ1v) is 42.6. The Morgan fingerprint density at radius 1 is 0.343 bits per heavy atom. The summed E-state index contributed by atoms with van der Waals surface area (Å²) in [6.45, 7) is 14.3. The maximum Gasteiger partial charge on any atom is 0.164 e. The molecule has 0 radical (unpaired) electrons. The minimum atomic E-state index is -1.61. The average Bonchev–Trinajstić information content (AvgIpc) is 0.776. The van der Waals surface area contributed by atoms with E-state index in [-0.39, 0.29) is 0 Å². The topological polar surface area (TPSA) is 105 Å². The molecule has 0 unspecified atom stereocenters. The summed E-state index contributed by atoms with van der Waals surface area (Å²) in [7, 11) is -3.23. The fourth-order valence-corrected chi connectivity index (χ4v) is 17.8. The third-order valence-corrected chi connectivity index (χ3v) is 24.6. The molecule has 18 rings (SSSR count). The van der Waals surface area contributed by atoms with Crippen molar-refractivity contribution in [2.24, 2.45) is 0 Å². The molecule has 502 valence electrons. The Kier molecular flexibility index (Phi) is 16.4. The lowest BCUT2D eigenvalue weighted by Gasteiger charge is -2.48. The van der Waals surface area contributed by atoms with Crippen LogP contribution in [0.3, 0.4) is 0 Å². The summed E-state index contributed by atoms with van der Waals surface area (Å²) in [5, 5.41) is 29.2. The van der Waals surface area contributed by atoms with E-state index in [0.29, 0.717) is 28.6 Å². The van der Waals surface area contributed by atoms with Crippen molar-refractivity contribution in [3.8, 4) is 57.8 Å². The summed E-state index contributed by atoms with van der Waals surface area (Å²) in [6, 6.07) is 120. The van der Waals surface area contributed by atoms with E-state index in [4.69, 9.17) is 19.7 Å². The number of benzene rings is 15. The van der Waals surface area contributed by atoms with Crippen molar-refractivity contribution in [1.82, 2.24) is 15.0 Å². The Balaban J connectivity index is 0.000000155. The maximum atomic E-state index is 9.63. The summed E-state index contributed by atoms with van der Waals surface area (Å²) in [4.78, 5) is 21.9. The lowest BCUT2D eigenvalue weighted by Crippen LogP contribution is -2.39. The summed E-state index contributed by atoms with van der Waals surface area (Å²) in [6.07, 6.45) is 0. The SMILES string of the molecule is C[Si](C)(C)c1cccc(N(c2ccc(C#N)cc2)c2ccc3ccc4c(N(c5ccc(C#N)cc5)c5cccc([Si](C)(C)C)c5)ccc5ccc2c3c54)c1.c1ccc(-c2nc(-c3ccccc3)nc(-c3ccc(N4c5ccccc5C5(c6ccccc6Oc6ccccc65)c5ccccc54)cc3)n2)cc1. The second kappa shape index (κ2) is 26.4. The zero-order valence-electron chi connectivity index (χ0n) is 59.2. The number of nitriles is 2. The third-order valence-electron chi connectivity index (χ3n) is 20.5. The van der Waals surface area contributed by atoms with Crippen LogP contribution in [0.25, 0.3) is 66.5 Å². The van der Waals surface area contributed by atoms with Crippen molar-refractivity contribution >= 4 is 110 Å². The largest absolute Gasteiger partial charge is 0.457 e. The standard InChI is InChI=1S/C48H42N4Si2.C46H30N4O/c1-53(2,3)41-11-7-9-39(29-41)51(37-21-13-33(31-49)14-22-37)45-27-19-35-18-26-44-46(28-20-36-17-25-43(45)47(35)48(36)44)52(38-23-15-34(32-50)16-24-38)40-10-8-12-42(30-40)54(4,5)6;1-3-15-31(16-4-1)43-47-44(32-17-5-2-6-18-32)49-45(48-43)33-27-29-34(30-28-33)50-39-23-11-7-19-35(39)46(36-20-8-12-24-40(36)50)37-21-9-13-25-41(37)51-42-26-14-10-22-38(42)46/h7-30H,1-6H3;1-30H. The number of aromatic nitrogens is 3. The van der Waals surface area contributed by atoms with Gasteiger partial charge in [-0.1, -0.05) is 244 Å². The molecule has 0 N–H and O–H groups in total. The number of fused-ring (bicyclic) bond motifs is 8. The molecule has 16 aromatic rings. The average molecular weight is 1390 g/mol. The van der Waals surface area contributed by atoms with Crippen molar-refractivity contribution in [3.63, 3.8) is 0 Å². The first-order valence-electron chi connectivity index (χ1n) is 35.6. The van der Waals surface area contributed by atoms with E-state index in [1.165, 1.54) is 43.0 Å².